The summed E-state index contributed by atoms with van der Waals surface area (Å²) in [7, 11) is 2.22. The van der Waals surface area contributed by atoms with Gasteiger partial charge < -0.3 is 4.90 Å². The summed E-state index contributed by atoms with van der Waals surface area (Å²) in [5.41, 5.74) is 1.42. The lowest BCUT2D eigenvalue weighted by molar-refractivity contribution is 0.0546. The molecule has 2 atom stereocenters. The first-order chi connectivity index (χ1) is 7.66. The topological polar surface area (TPSA) is 6.48 Å². The van der Waals surface area contributed by atoms with Crippen molar-refractivity contribution in [1.29, 1.82) is 0 Å². The molecule has 1 saturated heterocycles. The van der Waals surface area contributed by atoms with E-state index in [1.54, 1.807) is 0 Å². The number of likely N-dealkylation sites (N-methyl/N-ethyl adjacent to an activating group) is 1. The van der Waals surface area contributed by atoms with Crippen molar-refractivity contribution in [3.8, 4) is 0 Å². The van der Waals surface area contributed by atoms with E-state index < -0.39 is 0 Å². The zero-order valence-corrected chi connectivity index (χ0v) is 10.6. The Hall–Kier alpha value is -0.860. The molecule has 2 nitrogen and oxygen atoms in total. The number of rotatable bonds is 2. The molecule has 0 bridgehead atoms. The highest BCUT2D eigenvalue weighted by molar-refractivity contribution is 5.14. The third kappa shape index (κ3) is 2.63. The van der Waals surface area contributed by atoms with Gasteiger partial charge in [0.25, 0.3) is 0 Å². The third-order valence-electron chi connectivity index (χ3n) is 3.66. The van der Waals surface area contributed by atoms with Gasteiger partial charge in [-0.15, -0.1) is 0 Å². The van der Waals surface area contributed by atoms with Crippen molar-refractivity contribution in [3.05, 3.63) is 35.9 Å². The molecule has 2 heteroatoms. The van der Waals surface area contributed by atoms with Gasteiger partial charge in [0.15, 0.2) is 0 Å². The second kappa shape index (κ2) is 4.98. The number of benzene rings is 1. The normalized spacial score (nSPS) is 28.2. The Morgan fingerprint density at radius 2 is 1.75 bits per heavy atom. The van der Waals surface area contributed by atoms with E-state index in [0.29, 0.717) is 12.1 Å². The van der Waals surface area contributed by atoms with E-state index in [2.05, 4.69) is 61.0 Å². The molecule has 0 aliphatic carbocycles. The van der Waals surface area contributed by atoms with E-state index in [1.165, 1.54) is 18.7 Å². The smallest absolute Gasteiger partial charge is 0.0237 e. The summed E-state index contributed by atoms with van der Waals surface area (Å²) >= 11 is 0. The van der Waals surface area contributed by atoms with Gasteiger partial charge in [-0.05, 0) is 26.5 Å². The van der Waals surface area contributed by atoms with Gasteiger partial charge in [0, 0.05) is 31.7 Å². The van der Waals surface area contributed by atoms with Crippen LogP contribution in [0.3, 0.4) is 0 Å². The quantitative estimate of drug-likeness (QED) is 0.751. The maximum atomic E-state index is 2.58. The van der Waals surface area contributed by atoms with Gasteiger partial charge in [-0.2, -0.15) is 0 Å². The number of hydrogen-bond donors (Lipinski definition) is 0. The van der Waals surface area contributed by atoms with Crippen molar-refractivity contribution in [2.45, 2.75) is 32.5 Å². The fourth-order valence-electron chi connectivity index (χ4n) is 2.41. The Balaban J connectivity index is 2.00. The van der Waals surface area contributed by atoms with Gasteiger partial charge in [0.2, 0.25) is 0 Å². The van der Waals surface area contributed by atoms with E-state index in [-0.39, 0.29) is 0 Å². The van der Waals surface area contributed by atoms with E-state index in [4.69, 9.17) is 0 Å². The molecule has 1 aromatic rings. The van der Waals surface area contributed by atoms with Gasteiger partial charge >= 0.3 is 0 Å². The number of piperazine rings is 1. The molecule has 88 valence electrons. The minimum absolute atomic E-state index is 0.654. The highest BCUT2D eigenvalue weighted by Gasteiger charge is 2.26. The third-order valence-corrected chi connectivity index (χ3v) is 3.66. The molecule has 1 aromatic carbocycles. The summed E-state index contributed by atoms with van der Waals surface area (Å²) < 4.78 is 0. The monoisotopic (exact) mass is 218 g/mol. The highest BCUT2D eigenvalue weighted by Crippen LogP contribution is 2.16. The van der Waals surface area contributed by atoms with E-state index in [9.17, 15) is 0 Å². The first kappa shape index (κ1) is 11.6. The van der Waals surface area contributed by atoms with E-state index >= 15 is 0 Å². The van der Waals surface area contributed by atoms with Crippen molar-refractivity contribution >= 4 is 0 Å². The summed E-state index contributed by atoms with van der Waals surface area (Å²) in [6.07, 6.45) is 0. The molecule has 1 fully saturated rings. The Morgan fingerprint density at radius 1 is 1.06 bits per heavy atom. The molecule has 2 rings (SSSR count). The lowest BCUT2D eigenvalue weighted by Gasteiger charge is -2.42. The fraction of sp³-hybridized carbons (Fsp3) is 0.571. The van der Waals surface area contributed by atoms with Crippen LogP contribution in [0, 0.1) is 0 Å². The minimum atomic E-state index is 0.654. The standard InChI is InChI=1S/C14H22N2/c1-12-10-16(13(2)9-15(12)3)11-14-7-5-4-6-8-14/h4-8,12-13H,9-11H2,1-3H3/t12-,13+/m0/s1. The van der Waals surface area contributed by atoms with Crippen LogP contribution in [0.2, 0.25) is 0 Å². The lowest BCUT2D eigenvalue weighted by atomic mass is 10.1. The van der Waals surface area contributed by atoms with Crippen LogP contribution in [-0.2, 0) is 6.54 Å². The van der Waals surface area contributed by atoms with E-state index in [1.807, 2.05) is 0 Å². The second-order valence-electron chi connectivity index (χ2n) is 5.05. The molecule has 0 aromatic heterocycles. The number of hydrogen-bond acceptors (Lipinski definition) is 2. The molecule has 1 aliphatic heterocycles. The van der Waals surface area contributed by atoms with Crippen LogP contribution in [0.25, 0.3) is 0 Å². The Bertz CT molecular complexity index is 323. The summed E-state index contributed by atoms with van der Waals surface area (Å²) in [6, 6.07) is 12.1. The molecule has 1 aliphatic rings. The summed E-state index contributed by atoms with van der Waals surface area (Å²) in [4.78, 5) is 5.03. The van der Waals surface area contributed by atoms with Crippen LogP contribution >= 0.6 is 0 Å². The fourth-order valence-corrected chi connectivity index (χ4v) is 2.41. The molecule has 0 amide bonds. The molecule has 0 N–H and O–H groups in total. The predicted octanol–water partition coefficient (Wildman–Crippen LogP) is 2.21. The first-order valence-corrected chi connectivity index (χ1v) is 6.15. The second-order valence-corrected chi connectivity index (χ2v) is 5.05. The predicted molar refractivity (Wildman–Crippen MR) is 68.4 cm³/mol. The van der Waals surface area contributed by atoms with Gasteiger partial charge in [-0.3, -0.25) is 4.90 Å². The van der Waals surface area contributed by atoms with Gasteiger partial charge in [-0.25, -0.2) is 0 Å². The SMILES string of the molecule is C[C@@H]1CN(C)[C@@H](C)CN1Cc1ccccc1. The van der Waals surface area contributed by atoms with Crippen LogP contribution < -0.4 is 0 Å². The molecule has 1 heterocycles. The minimum Gasteiger partial charge on any atom is -0.301 e. The first-order valence-electron chi connectivity index (χ1n) is 6.15. The molecular weight excluding hydrogens is 196 g/mol. The molecular formula is C14H22N2. The van der Waals surface area contributed by atoms with Gasteiger partial charge in [0.05, 0.1) is 0 Å². The van der Waals surface area contributed by atoms with Crippen molar-refractivity contribution in [1.82, 2.24) is 9.80 Å². The highest BCUT2D eigenvalue weighted by atomic mass is 15.3. The maximum absolute atomic E-state index is 2.58. The Labute approximate surface area is 98.9 Å². The summed E-state index contributed by atoms with van der Waals surface area (Å²) in [5.74, 6) is 0. The zero-order chi connectivity index (χ0) is 11.5. The molecule has 0 spiro atoms. The van der Waals surface area contributed by atoms with E-state index in [0.717, 1.165) is 6.54 Å². The molecule has 0 radical (unpaired) electrons. The van der Waals surface area contributed by atoms with Crippen LogP contribution in [0.4, 0.5) is 0 Å². The van der Waals surface area contributed by atoms with Crippen LogP contribution in [-0.4, -0.2) is 42.0 Å². The Morgan fingerprint density at radius 3 is 2.44 bits per heavy atom. The van der Waals surface area contributed by atoms with Crippen LogP contribution in [0.5, 0.6) is 0 Å². The average molecular weight is 218 g/mol. The van der Waals surface area contributed by atoms with Gasteiger partial charge in [0.1, 0.15) is 0 Å². The molecule has 0 saturated carbocycles. The molecule has 16 heavy (non-hydrogen) atoms. The lowest BCUT2D eigenvalue weighted by Crippen LogP contribution is -2.54. The maximum Gasteiger partial charge on any atom is 0.0237 e. The zero-order valence-electron chi connectivity index (χ0n) is 10.6. The largest absolute Gasteiger partial charge is 0.301 e. The van der Waals surface area contributed by atoms with Gasteiger partial charge in [-0.1, -0.05) is 30.3 Å². The average Bonchev–Trinajstić information content (AvgIpc) is 2.27. The van der Waals surface area contributed by atoms with Crippen LogP contribution in [0.1, 0.15) is 19.4 Å². The van der Waals surface area contributed by atoms with Crippen molar-refractivity contribution < 1.29 is 0 Å². The summed E-state index contributed by atoms with van der Waals surface area (Å²) in [5, 5.41) is 0. The number of nitrogens with zero attached hydrogens (tertiary/aromatic N) is 2. The molecule has 0 unspecified atom stereocenters. The van der Waals surface area contributed by atoms with Crippen molar-refractivity contribution in [2.24, 2.45) is 0 Å². The van der Waals surface area contributed by atoms with Crippen LogP contribution in [0.15, 0.2) is 30.3 Å². The summed E-state index contributed by atoms with van der Waals surface area (Å²) in [6.45, 7) is 8.07. The Kier molecular flexibility index (Phi) is 3.62. The van der Waals surface area contributed by atoms with Crippen molar-refractivity contribution in [3.63, 3.8) is 0 Å². The van der Waals surface area contributed by atoms with Crippen molar-refractivity contribution in [2.75, 3.05) is 20.1 Å².